The first-order valence-corrected chi connectivity index (χ1v) is 7.11. The zero-order valence-electron chi connectivity index (χ0n) is 12.4. The summed E-state index contributed by atoms with van der Waals surface area (Å²) >= 11 is 0. The Hall–Kier alpha value is -2.36. The van der Waals surface area contributed by atoms with Crippen LogP contribution in [0.3, 0.4) is 0 Å². The minimum atomic E-state index is -0.354. The summed E-state index contributed by atoms with van der Waals surface area (Å²) in [6.07, 6.45) is 1.97. The number of hydrogen-bond donors (Lipinski definition) is 1. The Bertz CT molecular complexity index is 611. The van der Waals surface area contributed by atoms with Crippen LogP contribution in [-0.4, -0.2) is 11.0 Å². The molecule has 0 saturated heterocycles. The van der Waals surface area contributed by atoms with Crippen LogP contribution in [0.15, 0.2) is 48.5 Å². The molecule has 0 saturated carbocycles. The molecule has 0 aliphatic heterocycles. The molecular formula is C17H20N2O2. The summed E-state index contributed by atoms with van der Waals surface area (Å²) in [4.78, 5) is 10.5. The standard InChI is InChI=1S/C17H20N2O2/c1-13-10-16(12-17(11-13)19(20)21)18-14(2)8-9-15-6-4-3-5-7-15/h3-7,10-12,14,18H,8-9H2,1-2H3. The summed E-state index contributed by atoms with van der Waals surface area (Å²) in [5.41, 5.74) is 3.14. The average Bonchev–Trinajstić information content (AvgIpc) is 2.45. The van der Waals surface area contributed by atoms with Crippen LogP contribution in [0.2, 0.25) is 0 Å². The fourth-order valence-electron chi connectivity index (χ4n) is 2.34. The summed E-state index contributed by atoms with van der Waals surface area (Å²) in [7, 11) is 0. The number of benzene rings is 2. The molecule has 0 radical (unpaired) electrons. The van der Waals surface area contributed by atoms with Crippen molar-refractivity contribution in [2.75, 3.05) is 5.32 Å². The van der Waals surface area contributed by atoms with Gasteiger partial charge in [-0.05, 0) is 43.9 Å². The van der Waals surface area contributed by atoms with E-state index in [0.29, 0.717) is 0 Å². The van der Waals surface area contributed by atoms with Crippen LogP contribution in [0.1, 0.15) is 24.5 Å². The number of aryl methyl sites for hydroxylation is 2. The minimum Gasteiger partial charge on any atom is -0.382 e. The van der Waals surface area contributed by atoms with Gasteiger partial charge in [0.25, 0.3) is 5.69 Å². The molecule has 21 heavy (non-hydrogen) atoms. The lowest BCUT2D eigenvalue weighted by molar-refractivity contribution is -0.384. The van der Waals surface area contributed by atoms with Crippen LogP contribution in [-0.2, 0) is 6.42 Å². The van der Waals surface area contributed by atoms with Gasteiger partial charge >= 0.3 is 0 Å². The van der Waals surface area contributed by atoms with Crippen LogP contribution in [0.25, 0.3) is 0 Å². The highest BCUT2D eigenvalue weighted by atomic mass is 16.6. The SMILES string of the molecule is Cc1cc(NC(C)CCc2ccccc2)cc([N+](=O)[O-])c1. The second kappa shape index (κ2) is 6.88. The van der Waals surface area contributed by atoms with Crippen molar-refractivity contribution in [3.63, 3.8) is 0 Å². The van der Waals surface area contributed by atoms with E-state index >= 15 is 0 Å². The van der Waals surface area contributed by atoms with Crippen molar-refractivity contribution in [1.82, 2.24) is 0 Å². The lowest BCUT2D eigenvalue weighted by Gasteiger charge is -2.15. The van der Waals surface area contributed by atoms with E-state index in [-0.39, 0.29) is 16.7 Å². The molecule has 0 aliphatic rings. The second-order valence-electron chi connectivity index (χ2n) is 5.38. The predicted octanol–water partition coefficient (Wildman–Crippen LogP) is 4.34. The van der Waals surface area contributed by atoms with Gasteiger partial charge in [-0.2, -0.15) is 0 Å². The van der Waals surface area contributed by atoms with E-state index in [2.05, 4.69) is 24.4 Å². The van der Waals surface area contributed by atoms with Gasteiger partial charge in [0, 0.05) is 23.9 Å². The first-order chi connectivity index (χ1) is 10.0. The molecule has 0 fully saturated rings. The number of rotatable bonds is 6. The Balaban J connectivity index is 1.96. The van der Waals surface area contributed by atoms with Gasteiger partial charge in [-0.15, -0.1) is 0 Å². The number of nitrogens with one attached hydrogen (secondary N) is 1. The van der Waals surface area contributed by atoms with Crippen molar-refractivity contribution in [2.24, 2.45) is 0 Å². The molecule has 4 nitrogen and oxygen atoms in total. The molecule has 0 spiro atoms. The lowest BCUT2D eigenvalue weighted by atomic mass is 10.1. The maximum atomic E-state index is 10.9. The van der Waals surface area contributed by atoms with Crippen molar-refractivity contribution in [3.05, 3.63) is 69.8 Å². The van der Waals surface area contributed by atoms with Crippen molar-refractivity contribution in [2.45, 2.75) is 32.7 Å². The van der Waals surface area contributed by atoms with Gasteiger partial charge in [0.15, 0.2) is 0 Å². The number of nitro benzene ring substituents is 1. The average molecular weight is 284 g/mol. The summed E-state index contributed by atoms with van der Waals surface area (Å²) in [6.45, 7) is 3.96. The number of non-ortho nitro benzene ring substituents is 1. The monoisotopic (exact) mass is 284 g/mol. The van der Waals surface area contributed by atoms with Gasteiger partial charge < -0.3 is 5.32 Å². The fraction of sp³-hybridized carbons (Fsp3) is 0.294. The lowest BCUT2D eigenvalue weighted by Crippen LogP contribution is -2.16. The third-order valence-corrected chi connectivity index (χ3v) is 3.39. The van der Waals surface area contributed by atoms with Crippen molar-refractivity contribution >= 4 is 11.4 Å². The largest absolute Gasteiger partial charge is 0.382 e. The fourth-order valence-corrected chi connectivity index (χ4v) is 2.34. The number of nitro groups is 1. The maximum Gasteiger partial charge on any atom is 0.271 e. The quantitative estimate of drug-likeness (QED) is 0.634. The highest BCUT2D eigenvalue weighted by molar-refractivity contribution is 5.54. The van der Waals surface area contributed by atoms with Gasteiger partial charge in [-0.1, -0.05) is 30.3 Å². The third-order valence-electron chi connectivity index (χ3n) is 3.39. The molecule has 0 amide bonds. The molecule has 1 unspecified atom stereocenters. The van der Waals surface area contributed by atoms with Gasteiger partial charge in [0.1, 0.15) is 0 Å². The molecule has 0 heterocycles. The first-order valence-electron chi connectivity index (χ1n) is 7.11. The molecule has 2 aromatic carbocycles. The number of hydrogen-bond acceptors (Lipinski definition) is 3. The van der Waals surface area contributed by atoms with Gasteiger partial charge in [-0.3, -0.25) is 10.1 Å². The first kappa shape index (κ1) is 15.0. The molecule has 1 N–H and O–H groups in total. The van der Waals surface area contributed by atoms with Crippen LogP contribution in [0.4, 0.5) is 11.4 Å². The van der Waals surface area contributed by atoms with Gasteiger partial charge in [0.05, 0.1) is 4.92 Å². The second-order valence-corrected chi connectivity index (χ2v) is 5.38. The predicted molar refractivity (Wildman–Crippen MR) is 85.7 cm³/mol. The minimum absolute atomic E-state index is 0.132. The van der Waals surface area contributed by atoms with Gasteiger partial charge in [-0.25, -0.2) is 0 Å². The van der Waals surface area contributed by atoms with E-state index in [1.54, 1.807) is 12.1 Å². The molecule has 0 aliphatic carbocycles. The molecule has 2 aromatic rings. The van der Waals surface area contributed by atoms with Crippen LogP contribution >= 0.6 is 0 Å². The smallest absolute Gasteiger partial charge is 0.271 e. The summed E-state index contributed by atoms with van der Waals surface area (Å²) in [6, 6.07) is 15.7. The molecule has 0 bridgehead atoms. The van der Waals surface area contributed by atoms with Gasteiger partial charge in [0.2, 0.25) is 0 Å². The maximum absolute atomic E-state index is 10.9. The molecule has 1 atom stereocenters. The van der Waals surface area contributed by atoms with Crippen LogP contribution < -0.4 is 5.32 Å². The highest BCUT2D eigenvalue weighted by Crippen LogP contribution is 2.21. The van der Waals surface area contributed by atoms with Crippen LogP contribution in [0.5, 0.6) is 0 Å². The van der Waals surface area contributed by atoms with Crippen LogP contribution in [0, 0.1) is 17.0 Å². The van der Waals surface area contributed by atoms with E-state index < -0.39 is 0 Å². The van der Waals surface area contributed by atoms with E-state index in [4.69, 9.17) is 0 Å². The Morgan fingerprint density at radius 3 is 2.57 bits per heavy atom. The van der Waals surface area contributed by atoms with Crippen molar-refractivity contribution < 1.29 is 4.92 Å². The summed E-state index contributed by atoms with van der Waals surface area (Å²) in [5, 5.41) is 14.2. The van der Waals surface area contributed by atoms with E-state index in [0.717, 1.165) is 24.1 Å². The Labute approximate surface area is 125 Å². The van der Waals surface area contributed by atoms with Crippen molar-refractivity contribution in [1.29, 1.82) is 0 Å². The molecule has 2 rings (SSSR count). The van der Waals surface area contributed by atoms with Crippen molar-refractivity contribution in [3.8, 4) is 0 Å². The molecule has 110 valence electrons. The molecular weight excluding hydrogens is 264 g/mol. The Morgan fingerprint density at radius 1 is 1.19 bits per heavy atom. The van der Waals surface area contributed by atoms with E-state index in [1.807, 2.05) is 31.2 Å². The topological polar surface area (TPSA) is 55.2 Å². The van der Waals surface area contributed by atoms with E-state index in [1.165, 1.54) is 5.56 Å². The molecule has 0 aromatic heterocycles. The molecule has 4 heteroatoms. The Kier molecular flexibility index (Phi) is 4.93. The summed E-state index contributed by atoms with van der Waals surface area (Å²) < 4.78 is 0. The zero-order valence-corrected chi connectivity index (χ0v) is 12.4. The number of anilines is 1. The van der Waals surface area contributed by atoms with E-state index in [9.17, 15) is 10.1 Å². The summed E-state index contributed by atoms with van der Waals surface area (Å²) in [5.74, 6) is 0. The normalized spacial score (nSPS) is 11.9. The highest BCUT2D eigenvalue weighted by Gasteiger charge is 2.10. The number of nitrogens with zero attached hydrogens (tertiary/aromatic N) is 1. The Morgan fingerprint density at radius 2 is 1.90 bits per heavy atom. The third kappa shape index (κ3) is 4.60. The zero-order chi connectivity index (χ0) is 15.2.